The second-order valence-electron chi connectivity index (χ2n) is 3.26. The molecule has 1 aromatic rings. The highest BCUT2D eigenvalue weighted by Gasteiger charge is 2.25. The molecule has 3 atom stereocenters. The molecule has 0 aliphatic rings. The van der Waals surface area contributed by atoms with E-state index in [-0.39, 0.29) is 15.6 Å². The topological polar surface area (TPSA) is 25.8 Å². The van der Waals surface area contributed by atoms with Gasteiger partial charge in [-0.1, -0.05) is 22.9 Å². The monoisotopic (exact) mass is 374 g/mol. The lowest BCUT2D eigenvalue weighted by atomic mass is 10.1. The van der Waals surface area contributed by atoms with Crippen LogP contribution >= 0.6 is 55.1 Å². The van der Waals surface area contributed by atoms with Gasteiger partial charge in [0.15, 0.2) is 0 Å². The molecule has 6 heteroatoms. The lowest BCUT2D eigenvalue weighted by Gasteiger charge is -2.19. The highest BCUT2D eigenvalue weighted by atomic mass is 79.9. The smallest absolute Gasteiger partial charge is 0.133 e. The average Bonchev–Trinajstić information content (AvgIpc) is 2.19. The van der Waals surface area contributed by atoms with Crippen molar-refractivity contribution in [3.8, 4) is 0 Å². The van der Waals surface area contributed by atoms with Gasteiger partial charge in [0.2, 0.25) is 0 Å². The van der Waals surface area contributed by atoms with E-state index in [2.05, 4.69) is 42.1 Å². The molecule has 0 saturated carbocycles. The molecule has 0 fully saturated rings. The summed E-state index contributed by atoms with van der Waals surface area (Å²) >= 11 is 19.2. The van der Waals surface area contributed by atoms with E-state index in [1.165, 1.54) is 0 Å². The molecular formula is C9H10Br2Cl2N2. The molecule has 1 rings (SSSR count). The van der Waals surface area contributed by atoms with Gasteiger partial charge in [0.05, 0.1) is 16.4 Å². The third-order valence-electron chi connectivity index (χ3n) is 1.91. The maximum atomic E-state index is 6.27. The molecule has 0 amide bonds. The number of rotatable bonds is 3. The Morgan fingerprint density at radius 2 is 1.93 bits per heavy atom. The Labute approximate surface area is 116 Å². The highest BCUT2D eigenvalue weighted by Crippen LogP contribution is 2.35. The summed E-state index contributed by atoms with van der Waals surface area (Å²) in [6.07, 6.45) is 0. The molecule has 1 heterocycles. The molecule has 15 heavy (non-hydrogen) atoms. The molecule has 1 aromatic heterocycles. The van der Waals surface area contributed by atoms with Crippen molar-refractivity contribution in [2.24, 2.45) is 0 Å². The zero-order chi connectivity index (χ0) is 11.6. The summed E-state index contributed by atoms with van der Waals surface area (Å²) in [7, 11) is 0. The minimum atomic E-state index is -0.301. The normalized spacial score (nSPS) is 17.2. The maximum absolute atomic E-state index is 6.27. The first-order valence-corrected chi connectivity index (χ1v) is 6.93. The van der Waals surface area contributed by atoms with Crippen molar-refractivity contribution >= 4 is 55.1 Å². The lowest BCUT2D eigenvalue weighted by molar-refractivity contribution is 0.784. The summed E-state index contributed by atoms with van der Waals surface area (Å²) in [6, 6.07) is 1.89. The Bertz CT molecular complexity index is 347. The van der Waals surface area contributed by atoms with Crippen LogP contribution in [0.4, 0.5) is 0 Å². The molecule has 0 aliphatic carbocycles. The van der Waals surface area contributed by atoms with E-state index in [0.29, 0.717) is 4.60 Å². The van der Waals surface area contributed by atoms with Crippen LogP contribution in [-0.4, -0.2) is 20.4 Å². The molecule has 0 aliphatic heterocycles. The molecule has 0 N–H and O–H groups in total. The van der Waals surface area contributed by atoms with Crippen molar-refractivity contribution in [3.05, 3.63) is 21.9 Å². The van der Waals surface area contributed by atoms with Gasteiger partial charge in [-0.15, -0.1) is 28.3 Å². The van der Waals surface area contributed by atoms with Gasteiger partial charge in [-0.25, -0.2) is 0 Å². The van der Waals surface area contributed by atoms with Crippen LogP contribution in [0.3, 0.4) is 0 Å². The van der Waals surface area contributed by atoms with Crippen LogP contribution in [0.2, 0.25) is 0 Å². The van der Waals surface area contributed by atoms with Crippen molar-refractivity contribution in [1.82, 2.24) is 10.2 Å². The van der Waals surface area contributed by atoms with Crippen LogP contribution in [0.15, 0.2) is 10.7 Å². The van der Waals surface area contributed by atoms with E-state index >= 15 is 0 Å². The van der Waals surface area contributed by atoms with Gasteiger partial charge in [-0.05, 0) is 28.9 Å². The summed E-state index contributed by atoms with van der Waals surface area (Å²) in [4.78, 5) is 0.127. The molecule has 0 bridgehead atoms. The Kier molecular flexibility index (Phi) is 5.29. The third-order valence-corrected chi connectivity index (χ3v) is 4.67. The summed E-state index contributed by atoms with van der Waals surface area (Å²) < 4.78 is 0.645. The van der Waals surface area contributed by atoms with E-state index < -0.39 is 0 Å². The van der Waals surface area contributed by atoms with Crippen molar-refractivity contribution < 1.29 is 0 Å². The van der Waals surface area contributed by atoms with Crippen molar-refractivity contribution in [1.29, 1.82) is 0 Å². The number of nitrogens with zero attached hydrogens (tertiary/aromatic N) is 2. The zero-order valence-corrected chi connectivity index (χ0v) is 12.9. The number of alkyl halides is 3. The van der Waals surface area contributed by atoms with Crippen LogP contribution in [0.5, 0.6) is 0 Å². The van der Waals surface area contributed by atoms with Gasteiger partial charge in [0, 0.05) is 10.4 Å². The van der Waals surface area contributed by atoms with Gasteiger partial charge in [-0.2, -0.15) is 5.10 Å². The summed E-state index contributed by atoms with van der Waals surface area (Å²) in [6.45, 7) is 3.83. The summed E-state index contributed by atoms with van der Waals surface area (Å²) in [5, 5.41) is 7.36. The number of aromatic nitrogens is 2. The van der Waals surface area contributed by atoms with Crippen LogP contribution in [0.25, 0.3) is 0 Å². The molecule has 2 nitrogen and oxygen atoms in total. The van der Waals surface area contributed by atoms with Gasteiger partial charge in [0.1, 0.15) is 4.60 Å². The van der Waals surface area contributed by atoms with E-state index in [1.54, 1.807) is 0 Å². The van der Waals surface area contributed by atoms with Gasteiger partial charge >= 0.3 is 0 Å². The first kappa shape index (κ1) is 13.7. The van der Waals surface area contributed by atoms with Crippen LogP contribution in [0, 0.1) is 6.92 Å². The van der Waals surface area contributed by atoms with Crippen LogP contribution in [0.1, 0.15) is 23.6 Å². The number of halogens is 4. The zero-order valence-electron chi connectivity index (χ0n) is 8.22. The summed E-state index contributed by atoms with van der Waals surface area (Å²) in [5.41, 5.74) is 1.69. The van der Waals surface area contributed by atoms with E-state index in [1.807, 2.05) is 19.9 Å². The molecule has 0 radical (unpaired) electrons. The molecular weight excluding hydrogens is 367 g/mol. The van der Waals surface area contributed by atoms with Crippen molar-refractivity contribution in [2.45, 2.75) is 29.4 Å². The molecule has 3 unspecified atom stereocenters. The summed E-state index contributed by atoms with van der Waals surface area (Å²) in [5.74, 6) is 0. The molecule has 0 spiro atoms. The van der Waals surface area contributed by atoms with Crippen molar-refractivity contribution in [2.75, 3.05) is 0 Å². The Balaban J connectivity index is 2.99. The first-order valence-electron chi connectivity index (χ1n) is 4.35. The maximum Gasteiger partial charge on any atom is 0.133 e. The Hall–Kier alpha value is 0.620. The number of aryl methyl sites for hydroxylation is 1. The average molecular weight is 377 g/mol. The lowest BCUT2D eigenvalue weighted by Crippen LogP contribution is -2.17. The molecule has 0 aromatic carbocycles. The van der Waals surface area contributed by atoms with E-state index in [9.17, 15) is 0 Å². The first-order chi connectivity index (χ1) is 6.93. The van der Waals surface area contributed by atoms with Crippen LogP contribution < -0.4 is 0 Å². The number of hydrogen-bond acceptors (Lipinski definition) is 2. The predicted molar refractivity (Wildman–Crippen MR) is 71.1 cm³/mol. The van der Waals surface area contributed by atoms with Gasteiger partial charge < -0.3 is 0 Å². The minimum absolute atomic E-state index is 0.127. The number of hydrogen-bond donors (Lipinski definition) is 0. The second-order valence-corrected chi connectivity index (χ2v) is 6.43. The fraction of sp³-hybridized carbons (Fsp3) is 0.556. The fourth-order valence-corrected chi connectivity index (χ4v) is 2.67. The largest absolute Gasteiger partial charge is 0.155 e. The van der Waals surface area contributed by atoms with Crippen LogP contribution in [-0.2, 0) is 0 Å². The molecule has 0 saturated heterocycles. The SMILES string of the molecule is Cc1cc(C(Cl)C(Cl)C(C)Br)c(Br)nn1. The van der Waals surface area contributed by atoms with E-state index in [0.717, 1.165) is 11.3 Å². The quantitative estimate of drug-likeness (QED) is 0.738. The van der Waals surface area contributed by atoms with Gasteiger partial charge in [-0.3, -0.25) is 0 Å². The molecule has 84 valence electrons. The fourth-order valence-electron chi connectivity index (χ4n) is 1.09. The Morgan fingerprint density at radius 3 is 2.47 bits per heavy atom. The predicted octanol–water partition coefficient (Wildman–Crippen LogP) is 4.22. The van der Waals surface area contributed by atoms with Gasteiger partial charge in [0.25, 0.3) is 0 Å². The van der Waals surface area contributed by atoms with Crippen molar-refractivity contribution in [3.63, 3.8) is 0 Å². The second kappa shape index (κ2) is 5.80. The van der Waals surface area contributed by atoms with E-state index in [4.69, 9.17) is 23.2 Å². The third kappa shape index (κ3) is 3.55. The standard InChI is InChI=1S/C9H10Br2Cl2N2/c1-4-3-6(9(11)15-14-4)8(13)7(12)5(2)10/h3,5,7-8H,1-2H3. The highest BCUT2D eigenvalue weighted by molar-refractivity contribution is 9.10. The minimum Gasteiger partial charge on any atom is -0.155 e. The Morgan fingerprint density at radius 1 is 1.33 bits per heavy atom.